The molecule has 4 atom stereocenters. The van der Waals surface area contributed by atoms with Gasteiger partial charge < -0.3 is 30.7 Å². The number of phenolic OH excluding ortho intramolecular Hbond substituents is 1. The van der Waals surface area contributed by atoms with Crippen LogP contribution in [0.15, 0.2) is 23.2 Å². The molecular weight excluding hydrogens is 470 g/mol. The van der Waals surface area contributed by atoms with Gasteiger partial charge in [0.1, 0.15) is 6.10 Å². The van der Waals surface area contributed by atoms with E-state index in [2.05, 4.69) is 29.1 Å². The summed E-state index contributed by atoms with van der Waals surface area (Å²) in [6.45, 7) is 4.04. The molecule has 0 radical (unpaired) electrons. The van der Waals surface area contributed by atoms with E-state index in [1.54, 1.807) is 13.1 Å². The molecule has 1 aromatic rings. The van der Waals surface area contributed by atoms with Gasteiger partial charge >= 0.3 is 5.97 Å². The highest BCUT2D eigenvalue weighted by Gasteiger charge is 2.32. The van der Waals surface area contributed by atoms with Crippen molar-refractivity contribution in [2.75, 3.05) is 13.6 Å². The predicted octanol–water partition coefficient (Wildman–Crippen LogP) is 3.67. The van der Waals surface area contributed by atoms with E-state index in [9.17, 15) is 15.0 Å². The third kappa shape index (κ3) is 8.57. The number of carbonyl (C=O) groups is 1. The van der Waals surface area contributed by atoms with Crippen molar-refractivity contribution in [3.05, 3.63) is 23.8 Å². The second kappa shape index (κ2) is 13.6. The molecule has 8 heteroatoms. The largest absolute Gasteiger partial charge is 0.504 e. The van der Waals surface area contributed by atoms with Crippen molar-refractivity contribution in [2.45, 2.75) is 96.4 Å². The molecule has 0 unspecified atom stereocenters. The summed E-state index contributed by atoms with van der Waals surface area (Å²) in [6.07, 6.45) is 6.78. The fourth-order valence-electron chi connectivity index (χ4n) is 5.28. The summed E-state index contributed by atoms with van der Waals surface area (Å²) in [4.78, 5) is 15.9. The number of aromatic hydroxyl groups is 1. The van der Waals surface area contributed by atoms with Crippen LogP contribution in [0.25, 0.3) is 0 Å². The van der Waals surface area contributed by atoms with Crippen LogP contribution in [0.5, 0.6) is 11.5 Å². The second-order valence-electron chi connectivity index (χ2n) is 10.5. The minimum atomic E-state index is -0.629. The Hall–Kier alpha value is -2.92. The van der Waals surface area contributed by atoms with Gasteiger partial charge in [0.15, 0.2) is 17.5 Å². The Kier molecular flexibility index (Phi) is 10.5. The molecular formula is C29H43N3O5. The molecule has 1 fully saturated rings. The Morgan fingerprint density at radius 3 is 2.73 bits per heavy atom. The molecule has 5 N–H and O–H groups in total. The second-order valence-corrected chi connectivity index (χ2v) is 10.5. The summed E-state index contributed by atoms with van der Waals surface area (Å²) in [5.41, 5.74) is 6.49. The van der Waals surface area contributed by atoms with Crippen molar-refractivity contribution < 1.29 is 24.5 Å². The van der Waals surface area contributed by atoms with Crippen LogP contribution in [0, 0.1) is 23.2 Å². The van der Waals surface area contributed by atoms with Crippen molar-refractivity contribution in [3.63, 3.8) is 0 Å². The molecule has 1 aromatic carbocycles. The Labute approximate surface area is 221 Å². The minimum absolute atomic E-state index is 0.127. The van der Waals surface area contributed by atoms with E-state index < -0.39 is 12.2 Å². The SMILES string of the molecule is CC[C@@]1(CNC(N)=NC)C#CC[C@@H](Cc2ccc(O)c(OC3CCCC3)c2)[C@@H](OC(C)=O)C[C@@H](O)CC1. The molecule has 1 saturated carbocycles. The zero-order chi connectivity index (χ0) is 26.8. The van der Waals surface area contributed by atoms with Crippen molar-refractivity contribution in [1.82, 2.24) is 5.32 Å². The third-order valence-corrected chi connectivity index (χ3v) is 7.66. The van der Waals surface area contributed by atoms with E-state index in [4.69, 9.17) is 15.2 Å². The number of hydrogen-bond donors (Lipinski definition) is 4. The maximum absolute atomic E-state index is 12.0. The van der Waals surface area contributed by atoms with E-state index in [-0.39, 0.29) is 29.2 Å². The Morgan fingerprint density at radius 1 is 1.30 bits per heavy atom. The fourth-order valence-corrected chi connectivity index (χ4v) is 5.28. The lowest BCUT2D eigenvalue weighted by molar-refractivity contribution is -0.151. The summed E-state index contributed by atoms with van der Waals surface area (Å²) in [7, 11) is 1.64. The highest BCUT2D eigenvalue weighted by atomic mass is 16.5. The van der Waals surface area contributed by atoms with Crippen LogP contribution < -0.4 is 15.8 Å². The van der Waals surface area contributed by atoms with Crippen LogP contribution in [0.4, 0.5) is 0 Å². The lowest BCUT2D eigenvalue weighted by Gasteiger charge is -2.32. The van der Waals surface area contributed by atoms with Gasteiger partial charge in [0, 0.05) is 44.7 Å². The number of rotatable bonds is 8. The first-order chi connectivity index (χ1) is 17.7. The van der Waals surface area contributed by atoms with E-state index in [1.807, 2.05) is 12.1 Å². The molecule has 37 heavy (non-hydrogen) atoms. The average Bonchev–Trinajstić information content (AvgIpc) is 3.38. The predicted molar refractivity (Wildman–Crippen MR) is 144 cm³/mol. The van der Waals surface area contributed by atoms with E-state index in [0.717, 1.165) is 37.7 Å². The number of phenols is 1. The van der Waals surface area contributed by atoms with Gasteiger partial charge in [-0.15, -0.1) is 5.92 Å². The van der Waals surface area contributed by atoms with Crippen molar-refractivity contribution in [1.29, 1.82) is 0 Å². The number of carbonyl (C=O) groups excluding carboxylic acids is 1. The zero-order valence-electron chi connectivity index (χ0n) is 22.5. The number of aliphatic hydroxyl groups is 1. The van der Waals surface area contributed by atoms with Crippen LogP contribution in [0.2, 0.25) is 0 Å². The molecule has 0 heterocycles. The Morgan fingerprint density at radius 2 is 2.05 bits per heavy atom. The van der Waals surface area contributed by atoms with Crippen LogP contribution in [0.1, 0.15) is 77.2 Å². The number of aliphatic imine (C=N–C) groups is 1. The maximum Gasteiger partial charge on any atom is 0.302 e. The minimum Gasteiger partial charge on any atom is -0.504 e. The number of nitrogens with one attached hydrogen (secondary N) is 1. The van der Waals surface area contributed by atoms with Crippen molar-refractivity contribution in [2.24, 2.45) is 22.1 Å². The Bertz CT molecular complexity index is 995. The summed E-state index contributed by atoms with van der Waals surface area (Å²) < 4.78 is 11.8. The molecule has 0 aliphatic heterocycles. The van der Waals surface area contributed by atoms with Crippen LogP contribution >= 0.6 is 0 Å². The number of nitrogens with zero attached hydrogens (tertiary/aromatic N) is 1. The van der Waals surface area contributed by atoms with Gasteiger partial charge in [-0.25, -0.2) is 0 Å². The van der Waals surface area contributed by atoms with E-state index in [1.165, 1.54) is 6.92 Å². The maximum atomic E-state index is 12.0. The van der Waals surface area contributed by atoms with Crippen LogP contribution in [0.3, 0.4) is 0 Å². The molecule has 0 bridgehead atoms. The lowest BCUT2D eigenvalue weighted by Crippen LogP contribution is -2.41. The molecule has 2 aliphatic carbocycles. The normalized spacial score (nSPS) is 27.1. The van der Waals surface area contributed by atoms with Gasteiger partial charge in [-0.2, -0.15) is 0 Å². The standard InChI is InChI=1S/C29H43N3O5/c1-4-29(19-32-28(30)31-3)14-7-8-22(26(36-20(2)33)18-23(34)13-15-29)16-21-11-12-25(35)27(17-21)37-24-9-5-6-10-24/h11-12,17,22-24,26,34-35H,4-6,8-10,13,15-16,18-19H2,1-3H3,(H3,30,31,32)/t22-,23-,26-,29+/m0/s1. The average molecular weight is 514 g/mol. The first-order valence-corrected chi connectivity index (χ1v) is 13.5. The molecule has 2 aliphatic rings. The monoisotopic (exact) mass is 513 g/mol. The van der Waals surface area contributed by atoms with Gasteiger partial charge in [0.2, 0.25) is 0 Å². The highest BCUT2D eigenvalue weighted by Crippen LogP contribution is 2.35. The van der Waals surface area contributed by atoms with Gasteiger partial charge in [0.05, 0.1) is 12.2 Å². The first-order valence-electron chi connectivity index (χ1n) is 13.5. The number of aliphatic hydroxyl groups excluding tert-OH is 1. The van der Waals surface area contributed by atoms with E-state index >= 15 is 0 Å². The smallest absolute Gasteiger partial charge is 0.302 e. The highest BCUT2D eigenvalue weighted by molar-refractivity contribution is 5.77. The molecule has 8 nitrogen and oxygen atoms in total. The number of nitrogens with two attached hydrogens (primary N) is 1. The number of ether oxygens (including phenoxy) is 2. The molecule has 204 valence electrons. The Balaban J connectivity index is 1.86. The van der Waals surface area contributed by atoms with Crippen molar-refractivity contribution >= 4 is 11.9 Å². The number of benzene rings is 1. The molecule has 0 amide bonds. The summed E-state index contributed by atoms with van der Waals surface area (Å²) in [5.74, 6) is 7.34. The number of hydrogen-bond acceptors (Lipinski definition) is 6. The molecule has 0 spiro atoms. The third-order valence-electron chi connectivity index (χ3n) is 7.66. The quantitative estimate of drug-likeness (QED) is 0.181. The fraction of sp³-hybridized carbons (Fsp3) is 0.655. The van der Waals surface area contributed by atoms with Crippen LogP contribution in [-0.2, 0) is 16.0 Å². The molecule has 0 aromatic heterocycles. The topological polar surface area (TPSA) is 126 Å². The summed E-state index contributed by atoms with van der Waals surface area (Å²) in [6, 6.07) is 5.42. The van der Waals surface area contributed by atoms with E-state index in [0.29, 0.717) is 50.4 Å². The zero-order valence-corrected chi connectivity index (χ0v) is 22.5. The van der Waals surface area contributed by atoms with Gasteiger partial charge in [-0.05, 0) is 69.1 Å². The summed E-state index contributed by atoms with van der Waals surface area (Å²) in [5, 5.41) is 24.5. The summed E-state index contributed by atoms with van der Waals surface area (Å²) >= 11 is 0. The number of esters is 1. The molecule has 3 rings (SSSR count). The number of guanidine groups is 1. The lowest BCUT2D eigenvalue weighted by atomic mass is 9.77. The van der Waals surface area contributed by atoms with Gasteiger partial charge in [-0.3, -0.25) is 9.79 Å². The van der Waals surface area contributed by atoms with Gasteiger partial charge in [0.25, 0.3) is 0 Å². The van der Waals surface area contributed by atoms with Crippen LogP contribution in [-0.4, -0.2) is 54.0 Å². The first kappa shape index (κ1) is 28.6. The van der Waals surface area contributed by atoms with Gasteiger partial charge in [-0.1, -0.05) is 18.9 Å². The van der Waals surface area contributed by atoms with Crippen molar-refractivity contribution in [3.8, 4) is 23.3 Å². The molecule has 0 saturated heterocycles.